The number of amides is 1. The molecule has 9 nitrogen and oxygen atoms in total. The van der Waals surface area contributed by atoms with Crippen LogP contribution in [0.3, 0.4) is 0 Å². The largest absolute Gasteiger partial charge is 0.469 e. The first-order valence-corrected chi connectivity index (χ1v) is 10.4. The predicted octanol–water partition coefficient (Wildman–Crippen LogP) is 3.34. The van der Waals surface area contributed by atoms with Crippen molar-refractivity contribution < 1.29 is 23.4 Å². The van der Waals surface area contributed by atoms with Crippen LogP contribution >= 0.6 is 11.8 Å². The van der Waals surface area contributed by atoms with Gasteiger partial charge in [-0.3, -0.25) is 4.79 Å². The zero-order valence-electron chi connectivity index (χ0n) is 16.7. The minimum atomic E-state index is -0.147. The first-order chi connectivity index (χ1) is 14.7. The second kappa shape index (κ2) is 9.23. The summed E-state index contributed by atoms with van der Waals surface area (Å²) < 4.78 is 23.2. The molecule has 1 aliphatic heterocycles. The SMILES string of the molecule is COCCCn1c(SCC(=O)Nc2ccc3c(c2)OCO3)nnc1-c1ccoc1C. The molecule has 0 unspecified atom stereocenters. The van der Waals surface area contributed by atoms with Crippen LogP contribution in [0.5, 0.6) is 11.5 Å². The number of furan rings is 1. The Morgan fingerprint density at radius 1 is 1.27 bits per heavy atom. The number of ether oxygens (including phenoxy) is 3. The van der Waals surface area contributed by atoms with Crippen LogP contribution < -0.4 is 14.8 Å². The van der Waals surface area contributed by atoms with Crippen LogP contribution in [0.25, 0.3) is 11.4 Å². The van der Waals surface area contributed by atoms with Crippen molar-refractivity contribution in [3.63, 3.8) is 0 Å². The minimum Gasteiger partial charge on any atom is -0.469 e. The third kappa shape index (κ3) is 4.44. The van der Waals surface area contributed by atoms with Crippen LogP contribution in [-0.2, 0) is 16.1 Å². The lowest BCUT2D eigenvalue weighted by atomic mass is 10.2. The van der Waals surface area contributed by atoms with Crippen molar-refractivity contribution in [2.45, 2.75) is 25.0 Å². The summed E-state index contributed by atoms with van der Waals surface area (Å²) in [6.45, 7) is 3.37. The fourth-order valence-electron chi connectivity index (χ4n) is 3.08. The van der Waals surface area contributed by atoms with E-state index in [1.807, 2.05) is 17.6 Å². The Kier molecular flexibility index (Phi) is 6.24. The number of anilines is 1. The van der Waals surface area contributed by atoms with Crippen molar-refractivity contribution in [3.05, 3.63) is 36.3 Å². The number of aryl methyl sites for hydroxylation is 1. The summed E-state index contributed by atoms with van der Waals surface area (Å²) >= 11 is 1.33. The first-order valence-electron chi connectivity index (χ1n) is 9.44. The van der Waals surface area contributed by atoms with E-state index < -0.39 is 0 Å². The molecule has 3 aromatic rings. The Morgan fingerprint density at radius 2 is 2.13 bits per heavy atom. The molecule has 0 atom stereocenters. The van der Waals surface area contributed by atoms with Gasteiger partial charge in [0.2, 0.25) is 12.7 Å². The molecule has 3 heterocycles. The topological polar surface area (TPSA) is 101 Å². The van der Waals surface area contributed by atoms with Gasteiger partial charge in [0.15, 0.2) is 22.5 Å². The second-order valence-corrected chi connectivity index (χ2v) is 7.54. The van der Waals surface area contributed by atoms with Gasteiger partial charge in [-0.05, 0) is 31.5 Å². The van der Waals surface area contributed by atoms with Gasteiger partial charge in [-0.2, -0.15) is 0 Å². The van der Waals surface area contributed by atoms with Crippen molar-refractivity contribution in [1.29, 1.82) is 0 Å². The Balaban J connectivity index is 1.43. The lowest BCUT2D eigenvalue weighted by molar-refractivity contribution is -0.113. The highest BCUT2D eigenvalue weighted by molar-refractivity contribution is 7.99. The van der Waals surface area contributed by atoms with E-state index in [1.165, 1.54) is 11.8 Å². The molecule has 1 aliphatic rings. The van der Waals surface area contributed by atoms with Gasteiger partial charge >= 0.3 is 0 Å². The third-order valence-corrected chi connectivity index (χ3v) is 5.50. The van der Waals surface area contributed by atoms with E-state index in [0.29, 0.717) is 35.5 Å². The van der Waals surface area contributed by atoms with Crippen molar-refractivity contribution in [2.75, 3.05) is 31.6 Å². The average molecular weight is 430 g/mol. The molecule has 0 saturated heterocycles. The molecule has 0 fully saturated rings. The van der Waals surface area contributed by atoms with Crippen molar-refractivity contribution in [3.8, 4) is 22.9 Å². The van der Waals surface area contributed by atoms with Gasteiger partial charge in [-0.1, -0.05) is 11.8 Å². The van der Waals surface area contributed by atoms with Crippen LogP contribution in [-0.4, -0.2) is 46.9 Å². The molecule has 2 aromatic heterocycles. The molecule has 1 amide bonds. The van der Waals surface area contributed by atoms with Gasteiger partial charge < -0.3 is 28.5 Å². The lowest BCUT2D eigenvalue weighted by Crippen LogP contribution is -2.15. The molecule has 158 valence electrons. The summed E-state index contributed by atoms with van der Waals surface area (Å²) in [5, 5.41) is 12.2. The maximum Gasteiger partial charge on any atom is 0.234 e. The molecule has 1 N–H and O–H groups in total. The minimum absolute atomic E-state index is 0.147. The zero-order valence-corrected chi connectivity index (χ0v) is 17.5. The highest BCUT2D eigenvalue weighted by atomic mass is 32.2. The number of carbonyl (C=O) groups excluding carboxylic acids is 1. The number of nitrogens with zero attached hydrogens (tertiary/aromatic N) is 3. The molecular weight excluding hydrogens is 408 g/mol. The molecule has 0 aliphatic carbocycles. The van der Waals surface area contributed by atoms with Crippen LogP contribution in [0.4, 0.5) is 5.69 Å². The maximum absolute atomic E-state index is 12.5. The summed E-state index contributed by atoms with van der Waals surface area (Å²) in [6, 6.07) is 7.17. The van der Waals surface area contributed by atoms with Crippen molar-refractivity contribution in [2.24, 2.45) is 0 Å². The highest BCUT2D eigenvalue weighted by Crippen LogP contribution is 2.34. The van der Waals surface area contributed by atoms with Gasteiger partial charge in [0.25, 0.3) is 0 Å². The fourth-order valence-corrected chi connectivity index (χ4v) is 3.85. The fraction of sp³-hybridized carbons (Fsp3) is 0.350. The molecule has 0 spiro atoms. The van der Waals surface area contributed by atoms with Gasteiger partial charge in [0, 0.05) is 32.0 Å². The summed E-state index contributed by atoms with van der Waals surface area (Å²) in [4.78, 5) is 12.5. The van der Waals surface area contributed by atoms with Crippen molar-refractivity contribution >= 4 is 23.4 Å². The quantitative estimate of drug-likeness (QED) is 0.407. The molecule has 1 aromatic carbocycles. The standard InChI is InChI=1S/C20H22N4O5S/c1-13-15(6-9-27-13)19-22-23-20(24(19)7-3-8-26-2)30-11-18(25)21-14-4-5-16-17(10-14)29-12-28-16/h4-6,9-10H,3,7-8,11-12H2,1-2H3,(H,21,25). The van der Waals surface area contributed by atoms with E-state index in [9.17, 15) is 4.79 Å². The Bertz CT molecular complexity index is 1030. The Labute approximate surface area is 177 Å². The van der Waals surface area contributed by atoms with Crippen molar-refractivity contribution in [1.82, 2.24) is 14.8 Å². The molecule has 30 heavy (non-hydrogen) atoms. The molecule has 0 radical (unpaired) electrons. The molecule has 4 rings (SSSR count). The lowest BCUT2D eigenvalue weighted by Gasteiger charge is -2.10. The van der Waals surface area contributed by atoms with Crippen LogP contribution in [0, 0.1) is 6.92 Å². The van der Waals surface area contributed by atoms with E-state index in [1.54, 1.807) is 31.6 Å². The number of hydrogen-bond donors (Lipinski definition) is 1. The van der Waals surface area contributed by atoms with Gasteiger partial charge in [-0.25, -0.2) is 0 Å². The number of methoxy groups -OCH3 is 1. The first kappa shape index (κ1) is 20.3. The molecule has 0 bridgehead atoms. The monoisotopic (exact) mass is 430 g/mol. The number of thioether (sulfide) groups is 1. The van der Waals surface area contributed by atoms with Crippen LogP contribution in [0.1, 0.15) is 12.2 Å². The number of carbonyl (C=O) groups is 1. The van der Waals surface area contributed by atoms with Gasteiger partial charge in [0.1, 0.15) is 5.76 Å². The van der Waals surface area contributed by atoms with Crippen LogP contribution in [0.15, 0.2) is 40.1 Å². The maximum atomic E-state index is 12.5. The normalized spacial score (nSPS) is 12.3. The number of nitrogens with one attached hydrogen (secondary N) is 1. The van der Waals surface area contributed by atoms with E-state index >= 15 is 0 Å². The van der Waals surface area contributed by atoms with Gasteiger partial charge in [-0.15, -0.1) is 10.2 Å². The third-order valence-electron chi connectivity index (χ3n) is 4.54. The number of hydrogen-bond acceptors (Lipinski definition) is 8. The summed E-state index contributed by atoms with van der Waals surface area (Å²) in [6.07, 6.45) is 2.43. The molecule has 10 heteroatoms. The second-order valence-electron chi connectivity index (χ2n) is 6.60. The Morgan fingerprint density at radius 3 is 2.93 bits per heavy atom. The number of aromatic nitrogens is 3. The molecule has 0 saturated carbocycles. The zero-order chi connectivity index (χ0) is 20.9. The predicted molar refractivity (Wildman–Crippen MR) is 111 cm³/mol. The van der Waals surface area contributed by atoms with E-state index in [-0.39, 0.29) is 18.5 Å². The molecular formula is C20H22N4O5S. The summed E-state index contributed by atoms with van der Waals surface area (Å²) in [5.74, 6) is 2.84. The van der Waals surface area contributed by atoms with Gasteiger partial charge in [0.05, 0.1) is 17.6 Å². The van der Waals surface area contributed by atoms with Crippen LogP contribution in [0.2, 0.25) is 0 Å². The van der Waals surface area contributed by atoms with E-state index in [4.69, 9.17) is 18.6 Å². The summed E-state index contributed by atoms with van der Waals surface area (Å²) in [5.41, 5.74) is 1.54. The summed E-state index contributed by atoms with van der Waals surface area (Å²) in [7, 11) is 1.67. The number of rotatable bonds is 9. The van der Waals surface area contributed by atoms with E-state index in [2.05, 4.69) is 15.5 Å². The number of fused-ring (bicyclic) bond motifs is 1. The average Bonchev–Trinajstić information content (AvgIpc) is 3.46. The number of benzene rings is 1. The highest BCUT2D eigenvalue weighted by Gasteiger charge is 2.19. The Hall–Kier alpha value is -2.98. The van der Waals surface area contributed by atoms with E-state index in [0.717, 1.165) is 23.6 Å². The smallest absolute Gasteiger partial charge is 0.234 e.